The summed E-state index contributed by atoms with van der Waals surface area (Å²) in [6.07, 6.45) is 5.38. The van der Waals surface area contributed by atoms with Gasteiger partial charge in [-0.05, 0) is 32.9 Å². The lowest BCUT2D eigenvalue weighted by molar-refractivity contribution is -0.158. The number of hydrogen-bond donors (Lipinski definition) is 2. The second-order valence-corrected chi connectivity index (χ2v) is 7.35. The monoisotopic (exact) mass is 339 g/mol. The van der Waals surface area contributed by atoms with Gasteiger partial charge in [0.2, 0.25) is 0 Å². The number of nitrogens with zero attached hydrogens (tertiary/aromatic N) is 2. The molecule has 3 rings (SSSR count). The summed E-state index contributed by atoms with van der Waals surface area (Å²) in [7, 11) is 0. The molecule has 0 amide bonds. The zero-order valence-corrected chi connectivity index (χ0v) is 14.9. The summed E-state index contributed by atoms with van der Waals surface area (Å²) in [6.45, 7) is 6.05. The van der Waals surface area contributed by atoms with Crippen LogP contribution in [0.2, 0.25) is 0 Å². The van der Waals surface area contributed by atoms with E-state index in [9.17, 15) is 5.11 Å². The lowest BCUT2D eigenvalue weighted by atomic mass is 10.1. The Bertz CT molecular complexity index is 570. The molecule has 1 aliphatic heterocycles. The number of aromatic nitrogens is 2. The quantitative estimate of drug-likeness (QED) is 0.628. The number of aliphatic hydroxyl groups excluding tert-OH is 1. The first-order valence-electron chi connectivity index (χ1n) is 8.10. The zero-order valence-electron chi connectivity index (χ0n) is 14.1. The molecule has 4 unspecified atom stereocenters. The van der Waals surface area contributed by atoms with E-state index in [0.29, 0.717) is 0 Å². The van der Waals surface area contributed by atoms with E-state index < -0.39 is 5.79 Å². The minimum atomic E-state index is -0.604. The molecule has 23 heavy (non-hydrogen) atoms. The summed E-state index contributed by atoms with van der Waals surface area (Å²) in [5.41, 5.74) is 1.09. The van der Waals surface area contributed by atoms with Crippen molar-refractivity contribution in [2.24, 2.45) is 5.92 Å². The molecule has 2 fully saturated rings. The number of thioether (sulfide) groups is 1. The van der Waals surface area contributed by atoms with Gasteiger partial charge in [-0.1, -0.05) is 18.7 Å². The summed E-state index contributed by atoms with van der Waals surface area (Å²) in [5.74, 6) is 0.348. The van der Waals surface area contributed by atoms with E-state index in [1.165, 1.54) is 11.8 Å². The van der Waals surface area contributed by atoms with Crippen LogP contribution in [-0.4, -0.2) is 52.0 Å². The van der Waals surface area contributed by atoms with Crippen molar-refractivity contribution in [3.05, 3.63) is 11.8 Å². The highest BCUT2D eigenvalue weighted by atomic mass is 32.2. The number of fused-ring (bicyclic) bond motifs is 1. The Labute approximate surface area is 141 Å². The Morgan fingerprint density at radius 2 is 2.13 bits per heavy atom. The van der Waals surface area contributed by atoms with Crippen LogP contribution in [0.15, 0.2) is 11.4 Å². The van der Waals surface area contributed by atoms with Crippen molar-refractivity contribution in [3.8, 4) is 0 Å². The first-order valence-corrected chi connectivity index (χ1v) is 9.32. The number of nitrogens with one attached hydrogen (secondary N) is 1. The highest BCUT2D eigenvalue weighted by Gasteiger charge is 2.53. The lowest BCUT2D eigenvalue weighted by Crippen LogP contribution is -2.35. The first kappa shape index (κ1) is 17.0. The largest absolute Gasteiger partial charge is 0.396 e. The van der Waals surface area contributed by atoms with E-state index in [2.05, 4.69) is 22.2 Å². The summed E-state index contributed by atoms with van der Waals surface area (Å²) >= 11 is 1.53. The van der Waals surface area contributed by atoms with E-state index in [4.69, 9.17) is 9.47 Å². The summed E-state index contributed by atoms with van der Waals surface area (Å²) in [4.78, 5) is 8.95. The standard InChI is InChI=1S/C16H25N3O3S/c1-5-9-7-17-15(23-4)19-14(9)18-11-6-10(8-20)12-13(11)22-16(2,3)21-12/h7,10-13,20H,5-6,8H2,1-4H3,(H,17,18,19). The van der Waals surface area contributed by atoms with Gasteiger partial charge in [0.25, 0.3) is 0 Å². The number of anilines is 1. The van der Waals surface area contributed by atoms with Gasteiger partial charge in [-0.25, -0.2) is 9.97 Å². The third-order valence-corrected chi connectivity index (χ3v) is 5.11. The van der Waals surface area contributed by atoms with Gasteiger partial charge in [0.1, 0.15) is 11.9 Å². The van der Waals surface area contributed by atoms with Crippen molar-refractivity contribution in [3.63, 3.8) is 0 Å². The molecule has 6 nitrogen and oxygen atoms in total. The molecule has 0 bridgehead atoms. The fourth-order valence-electron chi connectivity index (χ4n) is 3.46. The topological polar surface area (TPSA) is 76.5 Å². The lowest BCUT2D eigenvalue weighted by Gasteiger charge is -2.24. The molecule has 1 saturated carbocycles. The van der Waals surface area contributed by atoms with Gasteiger partial charge < -0.3 is 19.9 Å². The highest BCUT2D eigenvalue weighted by Crippen LogP contribution is 2.42. The molecule has 1 saturated heterocycles. The van der Waals surface area contributed by atoms with Crippen molar-refractivity contribution in [2.45, 2.75) is 62.8 Å². The predicted molar refractivity (Wildman–Crippen MR) is 89.6 cm³/mol. The van der Waals surface area contributed by atoms with Crippen LogP contribution in [0.1, 0.15) is 32.8 Å². The number of hydrogen-bond acceptors (Lipinski definition) is 7. The summed E-state index contributed by atoms with van der Waals surface area (Å²) in [5, 5.41) is 13.9. The molecule has 7 heteroatoms. The molecule has 0 spiro atoms. The average Bonchev–Trinajstić information content (AvgIpc) is 3.01. The van der Waals surface area contributed by atoms with Gasteiger partial charge in [0.15, 0.2) is 10.9 Å². The second kappa shape index (κ2) is 6.55. The molecule has 0 radical (unpaired) electrons. The molecule has 1 aliphatic carbocycles. The molecule has 128 valence electrons. The van der Waals surface area contributed by atoms with Crippen LogP contribution in [0.3, 0.4) is 0 Å². The van der Waals surface area contributed by atoms with Gasteiger partial charge in [-0.2, -0.15) is 0 Å². The third-order valence-electron chi connectivity index (χ3n) is 4.54. The summed E-state index contributed by atoms with van der Waals surface area (Å²) < 4.78 is 12.1. The minimum Gasteiger partial charge on any atom is -0.396 e. The number of aryl methyl sites for hydroxylation is 1. The zero-order chi connectivity index (χ0) is 16.6. The van der Waals surface area contributed by atoms with Crippen molar-refractivity contribution < 1.29 is 14.6 Å². The second-order valence-electron chi connectivity index (χ2n) is 6.58. The molecule has 2 heterocycles. The summed E-state index contributed by atoms with van der Waals surface area (Å²) in [6, 6.07) is 0.0776. The Morgan fingerprint density at radius 3 is 2.78 bits per heavy atom. The van der Waals surface area contributed by atoms with E-state index in [1.54, 1.807) is 0 Å². The van der Waals surface area contributed by atoms with Gasteiger partial charge in [0.05, 0.1) is 12.1 Å². The van der Waals surface area contributed by atoms with Crippen molar-refractivity contribution in [1.29, 1.82) is 0 Å². The molecule has 1 aromatic heterocycles. The fraction of sp³-hybridized carbons (Fsp3) is 0.750. The van der Waals surface area contributed by atoms with Crippen molar-refractivity contribution in [2.75, 3.05) is 18.2 Å². The number of rotatable bonds is 5. The minimum absolute atomic E-state index is 0.0699. The van der Waals surface area contributed by atoms with Crippen molar-refractivity contribution in [1.82, 2.24) is 9.97 Å². The maximum absolute atomic E-state index is 9.66. The molecule has 4 atom stereocenters. The molecular formula is C16H25N3O3S. The Morgan fingerprint density at radius 1 is 1.39 bits per heavy atom. The van der Waals surface area contributed by atoms with Gasteiger partial charge in [0, 0.05) is 24.3 Å². The molecule has 2 aliphatic rings. The van der Waals surface area contributed by atoms with Gasteiger partial charge >= 0.3 is 0 Å². The first-order chi connectivity index (χ1) is 11.0. The van der Waals surface area contributed by atoms with E-state index >= 15 is 0 Å². The fourth-order valence-corrected chi connectivity index (χ4v) is 3.80. The number of ether oxygens (including phenoxy) is 2. The van der Waals surface area contributed by atoms with Gasteiger partial charge in [-0.3, -0.25) is 0 Å². The number of aliphatic hydroxyl groups is 1. The van der Waals surface area contributed by atoms with Crippen LogP contribution in [0.25, 0.3) is 0 Å². The Hall–Kier alpha value is -0.890. The van der Waals surface area contributed by atoms with E-state index in [0.717, 1.165) is 29.4 Å². The van der Waals surface area contributed by atoms with E-state index in [1.807, 2.05) is 26.3 Å². The van der Waals surface area contributed by atoms with Gasteiger partial charge in [-0.15, -0.1) is 0 Å². The average molecular weight is 339 g/mol. The van der Waals surface area contributed by atoms with Crippen LogP contribution in [0, 0.1) is 5.92 Å². The van der Waals surface area contributed by atoms with Crippen LogP contribution in [-0.2, 0) is 15.9 Å². The Balaban J connectivity index is 1.82. The van der Waals surface area contributed by atoms with Crippen LogP contribution in [0.5, 0.6) is 0 Å². The smallest absolute Gasteiger partial charge is 0.189 e. The predicted octanol–water partition coefficient (Wildman–Crippen LogP) is 2.07. The Kier molecular flexibility index (Phi) is 4.83. The highest BCUT2D eigenvalue weighted by molar-refractivity contribution is 7.98. The molecule has 1 aromatic rings. The maximum Gasteiger partial charge on any atom is 0.189 e. The van der Waals surface area contributed by atoms with Crippen LogP contribution >= 0.6 is 11.8 Å². The maximum atomic E-state index is 9.66. The van der Waals surface area contributed by atoms with Crippen molar-refractivity contribution >= 4 is 17.6 Å². The van der Waals surface area contributed by atoms with E-state index in [-0.39, 0.29) is 30.8 Å². The molecular weight excluding hydrogens is 314 g/mol. The molecule has 2 N–H and O–H groups in total. The van der Waals surface area contributed by atoms with Crippen LogP contribution in [0.4, 0.5) is 5.82 Å². The third kappa shape index (κ3) is 3.33. The normalized spacial score (nSPS) is 32.0. The molecule has 0 aromatic carbocycles. The van der Waals surface area contributed by atoms with Crippen LogP contribution < -0.4 is 5.32 Å². The SMILES string of the molecule is CCc1cnc(SC)nc1NC1CC(CO)C2OC(C)(C)OC12.